The van der Waals surface area contributed by atoms with Crippen molar-refractivity contribution in [2.24, 2.45) is 0 Å². The number of carbonyl (C=O) groups excluding carboxylic acids is 1. The predicted molar refractivity (Wildman–Crippen MR) is 403 cm³/mol. The molecule has 0 aliphatic carbocycles. The Morgan fingerprint density at radius 1 is 0.440 bits per heavy atom. The number of nitrogens with zero attached hydrogens (tertiary/aromatic N) is 12. The minimum atomic E-state index is -0.533. The van der Waals surface area contributed by atoms with Crippen LogP contribution in [0.2, 0.25) is 25.4 Å². The van der Waals surface area contributed by atoms with Crippen LogP contribution in [0, 0.1) is 51.0 Å². The average molecular weight is 1560 g/mol. The zero-order valence-corrected chi connectivity index (χ0v) is 60.6. The normalized spacial score (nSPS) is 10.2. The number of hydrogen-bond acceptors (Lipinski definition) is 28. The van der Waals surface area contributed by atoms with E-state index in [1.54, 1.807) is 38.4 Å². The summed E-state index contributed by atoms with van der Waals surface area (Å²) in [5.41, 5.74) is 17.8. The number of anilines is 19. The van der Waals surface area contributed by atoms with Gasteiger partial charge in [-0.3, -0.25) is 4.79 Å². The third-order valence-electron chi connectivity index (χ3n) is 12.1. The molecular formula is C61H56Cl6F4N24OS4. The Balaban J connectivity index is 0.000000182. The summed E-state index contributed by atoms with van der Waals surface area (Å²) >= 11 is 35.0. The number of amides is 1. The third-order valence-corrected chi connectivity index (χ3v) is 16.5. The number of aromatic nitrogens is 12. The van der Waals surface area contributed by atoms with Crippen LogP contribution in [-0.2, 0) is 4.79 Å². The number of aryl methyl sites for hydroxylation is 4. The summed E-state index contributed by atoms with van der Waals surface area (Å²) in [6.07, 6.45) is 6.74. The molecule has 12 aromatic rings. The Hall–Kier alpha value is -9.81. The van der Waals surface area contributed by atoms with Crippen LogP contribution in [0.3, 0.4) is 0 Å². The second kappa shape index (κ2) is 37.4. The largest absolute Gasteiger partial charge is 0.399 e. The Morgan fingerprint density at radius 2 is 0.770 bits per heavy atom. The maximum Gasteiger partial charge on any atom is 0.247 e. The molecule has 0 aliphatic heterocycles. The average Bonchev–Trinajstić information content (AvgIpc) is 1.15. The summed E-state index contributed by atoms with van der Waals surface area (Å²) in [7, 11) is 3.50. The molecule has 1 amide bonds. The van der Waals surface area contributed by atoms with Crippen molar-refractivity contribution in [3.05, 3.63) is 206 Å². The molecule has 25 nitrogen and oxygen atoms in total. The van der Waals surface area contributed by atoms with Crippen LogP contribution in [0.15, 0.2) is 135 Å². The number of halogens is 10. The molecule has 0 radical (unpaired) electrons. The quantitative estimate of drug-likeness (QED) is 0.0164. The molecule has 39 heteroatoms. The van der Waals surface area contributed by atoms with Gasteiger partial charge in [0.05, 0.1) is 70.3 Å². The van der Waals surface area contributed by atoms with Gasteiger partial charge in [-0.05, 0) is 189 Å². The summed E-state index contributed by atoms with van der Waals surface area (Å²) in [6.45, 7) is 11.0. The fourth-order valence-electron chi connectivity index (χ4n) is 7.55. The van der Waals surface area contributed by atoms with E-state index in [9.17, 15) is 22.4 Å². The van der Waals surface area contributed by atoms with Gasteiger partial charge >= 0.3 is 0 Å². The van der Waals surface area contributed by atoms with Gasteiger partial charge in [0.25, 0.3) is 0 Å². The van der Waals surface area contributed by atoms with Crippen molar-refractivity contribution in [1.82, 2.24) is 57.4 Å². The molecular weight excluding hydrogens is 1500 g/mol. The first-order valence-electron chi connectivity index (χ1n) is 28.3. The van der Waals surface area contributed by atoms with Crippen LogP contribution in [-0.4, -0.2) is 77.4 Å². The topological polar surface area (TPSA) is 344 Å². The van der Waals surface area contributed by atoms with Crippen molar-refractivity contribution >= 4 is 229 Å². The Morgan fingerprint density at radius 3 is 1.10 bits per heavy atom. The SMILES string of the molecule is C=CC(=O)Nc1ccc(F)c(Nc2nc(Nc3cc(C)ns3)ncc2Cl)c1.CNc1ccc(F)c(Nc2nc(Cl)ncc2Cl)c1.CNc1ccc(F)c(Nc2nc(Nc3cc(C)ns3)ncc2Cl)c1.Cc1cc(N)sn1.Cc1cc(Nc2ncc(Cl)c(Nc3cc(N)ccc3F)n2)sn1.Cl. The lowest BCUT2D eigenvalue weighted by Gasteiger charge is -2.11. The van der Waals surface area contributed by atoms with Crippen LogP contribution in [0.25, 0.3) is 0 Å². The molecule has 0 bridgehead atoms. The van der Waals surface area contributed by atoms with E-state index in [1.165, 1.54) is 119 Å². The molecule has 0 saturated heterocycles. The molecule has 0 fully saturated rings. The maximum absolute atomic E-state index is 14.2. The molecule has 520 valence electrons. The molecule has 0 saturated carbocycles. The molecule has 8 aromatic heterocycles. The number of benzene rings is 4. The highest BCUT2D eigenvalue weighted by molar-refractivity contribution is 7.11. The Labute approximate surface area is 616 Å². The third kappa shape index (κ3) is 23.7. The van der Waals surface area contributed by atoms with Crippen molar-refractivity contribution in [3.8, 4) is 0 Å². The Kier molecular flexibility index (Phi) is 29.0. The van der Waals surface area contributed by atoms with Gasteiger partial charge in [0.15, 0.2) is 23.3 Å². The van der Waals surface area contributed by atoms with Crippen LogP contribution >= 0.6 is 117 Å². The summed E-state index contributed by atoms with van der Waals surface area (Å²) < 4.78 is 72.0. The van der Waals surface area contributed by atoms with Crippen LogP contribution in [0.4, 0.5) is 124 Å². The summed E-state index contributed by atoms with van der Waals surface area (Å²) in [6, 6.07) is 24.9. The van der Waals surface area contributed by atoms with Gasteiger partial charge in [0.1, 0.15) is 63.4 Å². The zero-order valence-electron chi connectivity index (χ0n) is 52.7. The van der Waals surface area contributed by atoms with Gasteiger partial charge in [-0.1, -0.05) is 53.0 Å². The first-order chi connectivity index (χ1) is 47.4. The molecule has 0 spiro atoms. The molecule has 0 unspecified atom stereocenters. The smallest absolute Gasteiger partial charge is 0.247 e. The van der Waals surface area contributed by atoms with Gasteiger partial charge in [0, 0.05) is 36.8 Å². The second-order valence-electron chi connectivity index (χ2n) is 19.8. The van der Waals surface area contributed by atoms with Gasteiger partial charge in [-0.15, -0.1) is 12.4 Å². The molecule has 8 heterocycles. The summed E-state index contributed by atoms with van der Waals surface area (Å²) in [5, 5.41) is 33.0. The number of hydrogen-bond donors (Lipinski definition) is 12. The number of nitrogens with two attached hydrogens (primary N) is 2. The zero-order chi connectivity index (χ0) is 71.3. The van der Waals surface area contributed by atoms with Crippen molar-refractivity contribution in [2.45, 2.75) is 27.7 Å². The van der Waals surface area contributed by atoms with Gasteiger partial charge < -0.3 is 64.6 Å². The number of rotatable bonds is 18. The first kappa shape index (κ1) is 77.5. The molecule has 0 atom stereocenters. The van der Waals surface area contributed by atoms with Crippen molar-refractivity contribution < 1.29 is 22.4 Å². The van der Waals surface area contributed by atoms with Crippen molar-refractivity contribution in [1.29, 1.82) is 0 Å². The van der Waals surface area contributed by atoms with E-state index in [0.717, 1.165) is 60.2 Å². The highest BCUT2D eigenvalue weighted by atomic mass is 35.5. The number of nitrogens with one attached hydrogen (secondary N) is 10. The lowest BCUT2D eigenvalue weighted by atomic mass is 10.2. The minimum Gasteiger partial charge on any atom is -0.399 e. The van der Waals surface area contributed by atoms with Crippen molar-refractivity contribution in [3.63, 3.8) is 0 Å². The fourth-order valence-corrected chi connectivity index (χ4v) is 10.7. The molecule has 0 aliphatic rings. The highest BCUT2D eigenvalue weighted by Gasteiger charge is 2.16. The number of carbonyl (C=O) groups is 1. The van der Waals surface area contributed by atoms with Gasteiger partial charge in [-0.2, -0.15) is 37.4 Å². The minimum absolute atomic E-state index is 0. The standard InChI is InChI=1S/C17H14ClFN6OS.C15H14ClFN6S.C14H12ClFN6S.C11H9Cl2FN4.C4H6N2S.ClH/c1-3-14(26)21-10-4-5-12(19)13(7-10)22-16-11(18)8-20-17(24-16)23-15-6-9(2)25-27-15;1-8-5-13(24-23-8)21-15-19-7-10(16)14(22-15)20-12-6-9(18-2)3-4-11(12)17;1-7-4-12(23-22-7)20-14-18-6-9(15)13(21-14)19-11-5-8(17)2-3-10(11)16;1-15-6-2-3-8(14)9(4-6)17-10-7(12)5-16-11(13)18-10;1-3-2-4(5)7-6-3;/h3-8H,1H2,2H3,(H,21,26)(H2,20,22,23,24);3-7,18H,1-2H3,(H2,19,20,21,22);2-6H,17H2,1H3,(H2,18,19,20,21);2-5,15H,1H3,(H,16,17,18);2H,5H2,1H3;1H. The lowest BCUT2D eigenvalue weighted by Crippen LogP contribution is -2.08. The van der Waals surface area contributed by atoms with E-state index in [0.29, 0.717) is 29.1 Å². The van der Waals surface area contributed by atoms with E-state index in [-0.39, 0.29) is 83.9 Å². The van der Waals surface area contributed by atoms with E-state index in [2.05, 4.69) is 117 Å². The monoisotopic (exact) mass is 1550 g/mol. The van der Waals surface area contributed by atoms with Crippen LogP contribution in [0.5, 0.6) is 0 Å². The molecule has 4 aromatic carbocycles. The van der Waals surface area contributed by atoms with Crippen molar-refractivity contribution in [2.75, 3.05) is 78.7 Å². The Bertz CT molecular complexity index is 4750. The van der Waals surface area contributed by atoms with Crippen LogP contribution < -0.4 is 64.6 Å². The fraction of sp³-hybridized carbons (Fsp3) is 0.0984. The van der Waals surface area contributed by atoms with E-state index in [1.807, 2.05) is 52.0 Å². The van der Waals surface area contributed by atoms with Gasteiger partial charge in [-0.25, -0.2) is 37.5 Å². The predicted octanol–water partition coefficient (Wildman–Crippen LogP) is 18.5. The molecule has 14 N–H and O–H groups in total. The summed E-state index contributed by atoms with van der Waals surface area (Å²) in [5.74, 6) is -0.226. The molecule has 100 heavy (non-hydrogen) atoms. The lowest BCUT2D eigenvalue weighted by molar-refractivity contribution is -0.111. The highest BCUT2D eigenvalue weighted by Crippen LogP contribution is 2.34. The first-order valence-corrected chi connectivity index (χ1v) is 33.2. The number of nitrogen functional groups attached to an aromatic ring is 2. The van der Waals surface area contributed by atoms with E-state index in [4.69, 9.17) is 69.5 Å². The van der Waals surface area contributed by atoms with E-state index < -0.39 is 29.2 Å². The van der Waals surface area contributed by atoms with E-state index >= 15 is 0 Å². The summed E-state index contributed by atoms with van der Waals surface area (Å²) in [4.78, 5) is 44.1. The van der Waals surface area contributed by atoms with Crippen LogP contribution in [0.1, 0.15) is 22.8 Å². The maximum atomic E-state index is 14.2. The molecule has 12 rings (SSSR count). The van der Waals surface area contributed by atoms with Gasteiger partial charge in [0.2, 0.25) is 29.0 Å². The second-order valence-corrected chi connectivity index (χ2v) is 25.0.